The Morgan fingerprint density at radius 3 is 0.820 bits per heavy atom. The van der Waals surface area contributed by atoms with Crippen LogP contribution < -0.4 is 77.8 Å². The zero-order chi connectivity index (χ0) is 96.7. The molecule has 0 unspecified atom stereocenters. The molecule has 139 heavy (non-hydrogen) atoms. The molecule has 0 fully saturated rings. The number of nitriles is 2. The van der Waals surface area contributed by atoms with Gasteiger partial charge in [-0.2, -0.15) is 10.5 Å². The predicted molar refractivity (Wildman–Crippen MR) is 602 cm³/mol. The number of hydrogen-bond acceptors (Lipinski definition) is 3. The summed E-state index contributed by atoms with van der Waals surface area (Å²) in [7, 11) is -9.64. The second-order valence-corrected chi connectivity index (χ2v) is 50.5. The molecule has 0 aliphatic heterocycles. The van der Waals surface area contributed by atoms with Crippen LogP contribution in [0.25, 0.3) is 27.5 Å². The number of terminal acetylenes is 1. The van der Waals surface area contributed by atoms with Gasteiger partial charge in [-0.15, -0.1) is 6.42 Å². The van der Waals surface area contributed by atoms with Gasteiger partial charge in [0.1, 0.15) is 8.07 Å². The van der Waals surface area contributed by atoms with Crippen molar-refractivity contribution in [1.29, 1.82) is 10.5 Å². The number of hydrogen-bond donors (Lipinski definition) is 0. The highest BCUT2D eigenvalue weighted by molar-refractivity contribution is 7.22. The molecule has 21 aromatic rings. The summed E-state index contributed by atoms with van der Waals surface area (Å²) in [5.41, 5.74) is 14.1. The quantitative estimate of drug-likeness (QED) is 0.0550. The van der Waals surface area contributed by atoms with E-state index in [4.69, 9.17) is 16.9 Å². The summed E-state index contributed by atoms with van der Waals surface area (Å²) in [6.07, 6.45) is 5.21. The lowest BCUT2D eigenvalue weighted by Gasteiger charge is -2.38. The van der Waals surface area contributed by atoms with Gasteiger partial charge < -0.3 is 4.57 Å². The minimum atomic E-state index is -2.72. The molecule has 674 valence electrons. The SMILES string of the molecule is C#Cc1ccc(C)nc1C.C[Si](c1ccccc1)(c1ccccc1)c1ccccc1.Cc1cc([Si](c2ccccc2)(c2ccccc2)c2ccccc2)cc([Si](c2ccccc2)(c2ccccc2)c2ccccc2)c1.Cc1ccc([Si](c2ccccc2)(c2ccccc2)c2ccccc2)cc1.Cc1cccc(-n2c3ccccc3c3ccccc32)c1.Cc1cccc(C#N)c1.Cc1ccccc1C#N. The molecule has 0 aliphatic rings. The number of benzene rings is 19. The van der Waals surface area contributed by atoms with E-state index in [1.807, 2.05) is 82.3 Å². The Bertz CT molecular complexity index is 7050. The Morgan fingerprint density at radius 1 is 0.230 bits per heavy atom. The Labute approximate surface area is 826 Å². The maximum absolute atomic E-state index is 8.47. The third-order valence-electron chi connectivity index (χ3n) is 26.0. The molecule has 21 rings (SSSR count). The van der Waals surface area contributed by atoms with Crippen molar-refractivity contribution in [3.05, 3.63) is 596 Å². The summed E-state index contributed by atoms with van der Waals surface area (Å²) >= 11 is 0. The first-order valence-electron chi connectivity index (χ1n) is 47.4. The Morgan fingerprint density at radius 2 is 0.525 bits per heavy atom. The van der Waals surface area contributed by atoms with Crippen molar-refractivity contribution < 1.29 is 0 Å². The van der Waals surface area contributed by atoms with Crippen LogP contribution in [-0.4, -0.2) is 41.8 Å². The summed E-state index contributed by atoms with van der Waals surface area (Å²) in [6, 6.07) is 199. The molecule has 0 saturated carbocycles. The molecule has 19 aromatic carbocycles. The van der Waals surface area contributed by atoms with E-state index in [2.05, 4.69) is 534 Å². The van der Waals surface area contributed by atoms with E-state index in [0.29, 0.717) is 0 Å². The Hall–Kier alpha value is -16.5. The van der Waals surface area contributed by atoms with E-state index >= 15 is 0 Å². The molecule has 0 radical (unpaired) electrons. The lowest BCUT2D eigenvalue weighted by molar-refractivity contribution is 1.11. The van der Waals surface area contributed by atoms with Crippen molar-refractivity contribution in [2.24, 2.45) is 0 Å². The topological polar surface area (TPSA) is 65.4 Å². The average molecular weight is 1860 g/mol. The molecule has 0 atom stereocenters. The predicted octanol–water partition coefficient (Wildman–Crippen LogP) is 21.4. The van der Waals surface area contributed by atoms with Crippen LogP contribution in [0.3, 0.4) is 0 Å². The number of aryl methyl sites for hydroxylation is 7. The number of para-hydroxylation sites is 2. The first-order chi connectivity index (χ1) is 68.1. The van der Waals surface area contributed by atoms with E-state index in [1.54, 1.807) is 6.07 Å². The molecule has 0 N–H and O–H groups in total. The molecule has 8 heteroatoms. The summed E-state index contributed by atoms with van der Waals surface area (Å²) in [4.78, 5) is 4.20. The summed E-state index contributed by atoms with van der Waals surface area (Å²) in [5.74, 6) is 2.56. The van der Waals surface area contributed by atoms with E-state index in [-0.39, 0.29) is 0 Å². The highest BCUT2D eigenvalue weighted by Crippen LogP contribution is 2.32. The highest BCUT2D eigenvalue weighted by atomic mass is 28.3. The second-order valence-electron chi connectivity index (χ2n) is 35.1. The zero-order valence-electron chi connectivity index (χ0n) is 80.3. The summed E-state index contributed by atoms with van der Waals surface area (Å²) < 4.78 is 2.34. The van der Waals surface area contributed by atoms with Gasteiger partial charge in [-0.3, -0.25) is 4.98 Å². The van der Waals surface area contributed by atoms with Crippen molar-refractivity contribution in [2.45, 2.75) is 55.0 Å². The number of aromatic nitrogens is 2. The van der Waals surface area contributed by atoms with Gasteiger partial charge in [0.15, 0.2) is 24.2 Å². The number of nitrogens with zero attached hydrogens (tertiary/aromatic N) is 4. The van der Waals surface area contributed by atoms with Gasteiger partial charge >= 0.3 is 0 Å². The van der Waals surface area contributed by atoms with Crippen LogP contribution >= 0.6 is 0 Å². The van der Waals surface area contributed by atoms with Crippen LogP contribution in [-0.2, 0) is 0 Å². The van der Waals surface area contributed by atoms with Gasteiger partial charge in [0, 0.05) is 27.7 Å². The first-order valence-corrected chi connectivity index (χ1v) is 55.9. The maximum atomic E-state index is 8.47. The van der Waals surface area contributed by atoms with Crippen molar-refractivity contribution >= 4 is 132 Å². The fourth-order valence-electron chi connectivity index (χ4n) is 19.2. The zero-order valence-corrected chi connectivity index (χ0v) is 84.3. The van der Waals surface area contributed by atoms with Gasteiger partial charge in [-0.25, -0.2) is 0 Å². The van der Waals surface area contributed by atoms with Crippen LogP contribution in [0.2, 0.25) is 6.55 Å². The lowest BCUT2D eigenvalue weighted by atomic mass is 10.1. The molecular formula is C131H114N4Si4. The molecular weight excluding hydrogens is 1740 g/mol. The third-order valence-corrected chi connectivity index (χ3v) is 44.7. The summed E-state index contributed by atoms with van der Waals surface area (Å²) in [5, 5.41) is 40.7. The molecule has 2 aromatic heterocycles. The summed E-state index contributed by atoms with van der Waals surface area (Å²) in [6.45, 7) is 16.8. The van der Waals surface area contributed by atoms with Gasteiger partial charge in [0.05, 0.1) is 40.0 Å². The van der Waals surface area contributed by atoms with Crippen LogP contribution in [0.15, 0.2) is 540 Å². The van der Waals surface area contributed by atoms with E-state index in [1.165, 1.54) is 122 Å². The fourth-order valence-corrected chi connectivity index (χ4v) is 37.5. The number of pyridine rings is 1. The van der Waals surface area contributed by atoms with Crippen molar-refractivity contribution in [3.8, 4) is 30.2 Å². The molecule has 0 amide bonds. The van der Waals surface area contributed by atoms with Gasteiger partial charge in [0.25, 0.3) is 0 Å². The molecule has 4 nitrogen and oxygen atoms in total. The Balaban J connectivity index is 0.000000133. The maximum Gasteiger partial charge on any atom is 0.179 e. The van der Waals surface area contributed by atoms with Gasteiger partial charge in [0.2, 0.25) is 0 Å². The monoisotopic (exact) mass is 1850 g/mol. The Kier molecular flexibility index (Phi) is 32.9. The average Bonchev–Trinajstić information content (AvgIpc) is 1.04. The minimum Gasteiger partial charge on any atom is -0.309 e. The molecule has 0 bridgehead atoms. The fraction of sp³-hybridized carbons (Fsp3) is 0.0611. The van der Waals surface area contributed by atoms with Gasteiger partial charge in [-0.1, -0.05) is 509 Å². The third kappa shape index (κ3) is 22.2. The van der Waals surface area contributed by atoms with Crippen LogP contribution in [0.1, 0.15) is 55.9 Å². The molecule has 0 saturated heterocycles. The minimum absolute atomic E-state index is 0.731. The molecule has 0 aliphatic carbocycles. The standard InChI is InChI=1S/C43H36Si2.C25H22Si.C19H15N.C19H18Si.C9H9N.2C8H7N/c1-35-32-42(44(36-20-8-2-9-21-36,37-22-10-3-11-23-37)38-24-12-4-13-25-38)34-43(33-35)45(39-26-14-5-15-27-39,40-28-16-6-17-29-40)41-30-18-7-19-31-41;1-21-17-19-25(20-18-21)26(22-11-5-2-6-12-22,23-13-7-3-8-14-23)24-15-9-4-10-16-24;1-14-7-6-8-15(13-14)20-18-11-4-2-9-16(18)17-10-3-5-12-19(17)20;1-20(17-11-5-2-6-12-17,18-13-7-3-8-14-18)19-15-9-4-10-16-19;1-4-9-6-5-7(2)10-8(9)3;1-7-3-2-4-8(5-7)6-9;1-7-4-2-3-5-8(7)6-9/h2-34H,1H3;2-20H,1H3;2-13H,1H3;2-16H,1H3;1,5-6H,2-3H3;2*2-5H,1H3. The van der Waals surface area contributed by atoms with Gasteiger partial charge in [-0.05, 0) is 198 Å². The smallest absolute Gasteiger partial charge is 0.179 e. The normalized spacial score (nSPS) is 10.9. The van der Waals surface area contributed by atoms with E-state index < -0.39 is 32.3 Å². The first kappa shape index (κ1) is 97.1. The van der Waals surface area contributed by atoms with Crippen LogP contribution in [0, 0.1) is 83.5 Å². The van der Waals surface area contributed by atoms with Crippen molar-refractivity contribution in [2.75, 3.05) is 0 Å². The number of fused-ring (bicyclic) bond motifs is 3. The van der Waals surface area contributed by atoms with E-state index in [9.17, 15) is 0 Å². The molecule has 2 heterocycles. The van der Waals surface area contributed by atoms with E-state index in [0.717, 1.165) is 39.2 Å². The second kappa shape index (κ2) is 47.1. The van der Waals surface area contributed by atoms with Crippen LogP contribution in [0.5, 0.6) is 0 Å². The number of rotatable bonds is 16. The lowest BCUT2D eigenvalue weighted by Crippen LogP contribution is -2.78. The highest BCUT2D eigenvalue weighted by Gasteiger charge is 2.47. The van der Waals surface area contributed by atoms with Crippen molar-refractivity contribution in [1.82, 2.24) is 9.55 Å². The van der Waals surface area contributed by atoms with Crippen LogP contribution in [0.4, 0.5) is 0 Å². The molecule has 0 spiro atoms. The largest absolute Gasteiger partial charge is 0.309 e. The van der Waals surface area contributed by atoms with Crippen molar-refractivity contribution in [3.63, 3.8) is 0 Å².